The Hall–Kier alpha value is -1.87. The maximum atomic E-state index is 9.07. The quantitative estimate of drug-likeness (QED) is 0.834. The van der Waals surface area contributed by atoms with E-state index in [1.54, 1.807) is 6.07 Å². The smallest absolute Gasteiger partial charge is 0.140 e. The second-order valence-corrected chi connectivity index (χ2v) is 8.02. The van der Waals surface area contributed by atoms with Crippen molar-refractivity contribution in [1.29, 1.82) is 5.26 Å². The van der Waals surface area contributed by atoms with Gasteiger partial charge in [-0.25, -0.2) is 0 Å². The van der Waals surface area contributed by atoms with Crippen molar-refractivity contribution in [2.75, 3.05) is 13.1 Å². The zero-order valence-electron chi connectivity index (χ0n) is 14.6. The molecule has 134 valence electrons. The van der Waals surface area contributed by atoms with Crippen molar-refractivity contribution in [2.45, 2.75) is 37.5 Å². The minimum atomic E-state index is -0.0271. The molecule has 0 spiro atoms. The summed E-state index contributed by atoms with van der Waals surface area (Å²) in [7, 11) is 0. The van der Waals surface area contributed by atoms with Gasteiger partial charge < -0.3 is 10.5 Å². The van der Waals surface area contributed by atoms with E-state index in [-0.39, 0.29) is 12.1 Å². The van der Waals surface area contributed by atoms with Gasteiger partial charge in [-0.3, -0.25) is 4.90 Å². The highest BCUT2D eigenvalue weighted by Crippen LogP contribution is 2.40. The third kappa shape index (κ3) is 3.37. The molecule has 0 bridgehead atoms. The molecule has 0 saturated carbocycles. The van der Waals surface area contributed by atoms with Crippen LogP contribution in [0.5, 0.6) is 5.75 Å². The Labute approximate surface area is 162 Å². The van der Waals surface area contributed by atoms with Crippen molar-refractivity contribution in [1.82, 2.24) is 4.90 Å². The van der Waals surface area contributed by atoms with Crippen molar-refractivity contribution in [3.63, 3.8) is 0 Å². The predicted molar refractivity (Wildman–Crippen MR) is 105 cm³/mol. The number of rotatable bonds is 3. The Balaban J connectivity index is 1.64. The van der Waals surface area contributed by atoms with Crippen LogP contribution in [-0.4, -0.2) is 30.1 Å². The monoisotopic (exact) mass is 411 g/mol. The van der Waals surface area contributed by atoms with Gasteiger partial charge in [0.15, 0.2) is 0 Å². The summed E-state index contributed by atoms with van der Waals surface area (Å²) >= 11 is 3.55. The Morgan fingerprint density at radius 2 is 2.08 bits per heavy atom. The first-order chi connectivity index (χ1) is 12.7. The number of fused-ring (bicyclic) bond motifs is 1. The number of nitrogens with zero attached hydrogens (tertiary/aromatic N) is 2. The second kappa shape index (κ2) is 7.40. The third-order valence-corrected chi connectivity index (χ3v) is 6.03. The number of hydrogen-bond acceptors (Lipinski definition) is 4. The molecule has 26 heavy (non-hydrogen) atoms. The fourth-order valence-corrected chi connectivity index (χ4v) is 4.62. The van der Waals surface area contributed by atoms with Crippen LogP contribution in [0.2, 0.25) is 0 Å². The fourth-order valence-electron chi connectivity index (χ4n) is 4.14. The summed E-state index contributed by atoms with van der Waals surface area (Å²) in [4.78, 5) is 2.50. The Morgan fingerprint density at radius 3 is 2.85 bits per heavy atom. The van der Waals surface area contributed by atoms with Gasteiger partial charge >= 0.3 is 0 Å². The number of nitrogens with two attached hydrogens (primary N) is 1. The van der Waals surface area contributed by atoms with Gasteiger partial charge in [0, 0.05) is 12.6 Å². The van der Waals surface area contributed by atoms with Crippen molar-refractivity contribution in [2.24, 2.45) is 5.73 Å². The van der Waals surface area contributed by atoms with Gasteiger partial charge in [0.05, 0.1) is 22.1 Å². The summed E-state index contributed by atoms with van der Waals surface area (Å²) in [6.07, 6.45) is 3.20. The van der Waals surface area contributed by atoms with Gasteiger partial charge in [-0.1, -0.05) is 24.3 Å². The lowest BCUT2D eigenvalue weighted by molar-refractivity contribution is 0.0589. The number of halogens is 1. The Kier molecular flexibility index (Phi) is 4.99. The molecule has 0 amide bonds. The molecule has 2 aliphatic rings. The highest BCUT2D eigenvalue weighted by Gasteiger charge is 2.39. The van der Waals surface area contributed by atoms with Crippen LogP contribution < -0.4 is 10.5 Å². The minimum Gasteiger partial charge on any atom is -0.483 e. The molecule has 5 heteroatoms. The highest BCUT2D eigenvalue weighted by molar-refractivity contribution is 9.10. The molecule has 1 aliphatic heterocycles. The highest BCUT2D eigenvalue weighted by atomic mass is 79.9. The van der Waals surface area contributed by atoms with Gasteiger partial charge in [-0.15, -0.1) is 0 Å². The molecule has 1 saturated heterocycles. The fraction of sp³-hybridized carbons (Fsp3) is 0.381. The summed E-state index contributed by atoms with van der Waals surface area (Å²) < 4.78 is 7.31. The van der Waals surface area contributed by atoms with Gasteiger partial charge in [0.1, 0.15) is 11.9 Å². The summed E-state index contributed by atoms with van der Waals surface area (Å²) in [5.74, 6) is 0.775. The van der Waals surface area contributed by atoms with Gasteiger partial charge in [-0.2, -0.15) is 5.26 Å². The molecule has 2 N–H and O–H groups in total. The maximum absolute atomic E-state index is 9.07. The Bertz CT molecular complexity index is 847. The van der Waals surface area contributed by atoms with Crippen LogP contribution >= 0.6 is 15.9 Å². The normalized spacial score (nSPS) is 25.5. The molecule has 2 aromatic rings. The van der Waals surface area contributed by atoms with Crippen molar-refractivity contribution < 1.29 is 4.74 Å². The van der Waals surface area contributed by atoms with E-state index in [2.05, 4.69) is 51.2 Å². The van der Waals surface area contributed by atoms with E-state index in [0.29, 0.717) is 11.6 Å². The molecule has 3 atom stereocenters. The second-order valence-electron chi connectivity index (χ2n) is 7.16. The molecule has 1 aliphatic carbocycles. The summed E-state index contributed by atoms with van der Waals surface area (Å²) in [6, 6.07) is 16.7. The van der Waals surface area contributed by atoms with Crippen LogP contribution in [0.4, 0.5) is 0 Å². The van der Waals surface area contributed by atoms with E-state index < -0.39 is 0 Å². The lowest BCUT2D eigenvalue weighted by Crippen LogP contribution is -2.49. The molecule has 2 aromatic carbocycles. The standard InChI is InChI=1S/C21H22BrN3O/c22-18-10-14(12-23)7-8-20(18)26-21-17-6-2-1-4-15(17)11-19(21)25-9-3-5-16(24)13-25/h1-2,4,6-8,10,16,19,21H,3,5,9,11,13,24H2. The van der Waals surface area contributed by atoms with E-state index >= 15 is 0 Å². The van der Waals surface area contributed by atoms with Crippen molar-refractivity contribution in [3.05, 3.63) is 63.6 Å². The molecule has 1 heterocycles. The van der Waals surface area contributed by atoms with E-state index in [0.717, 1.165) is 42.6 Å². The molecule has 4 rings (SSSR count). The third-order valence-electron chi connectivity index (χ3n) is 5.41. The predicted octanol–water partition coefficient (Wildman–Crippen LogP) is 3.79. The van der Waals surface area contributed by atoms with Crippen molar-refractivity contribution >= 4 is 15.9 Å². The number of benzene rings is 2. The average molecular weight is 412 g/mol. The molecule has 3 unspecified atom stereocenters. The average Bonchev–Trinajstić information content (AvgIpc) is 3.02. The molecule has 1 fully saturated rings. The largest absolute Gasteiger partial charge is 0.483 e. The SMILES string of the molecule is N#Cc1ccc(OC2c3ccccc3CC2N2CCCC(N)C2)c(Br)c1. The van der Waals surface area contributed by atoms with E-state index in [1.807, 2.05) is 12.1 Å². The lowest BCUT2D eigenvalue weighted by atomic mass is 10.0. The number of likely N-dealkylation sites (tertiary alicyclic amines) is 1. The summed E-state index contributed by atoms with van der Waals surface area (Å²) in [6.45, 7) is 1.99. The zero-order chi connectivity index (χ0) is 18.1. The maximum Gasteiger partial charge on any atom is 0.140 e. The van der Waals surface area contributed by atoms with Crippen LogP contribution in [0.1, 0.15) is 35.6 Å². The minimum absolute atomic E-state index is 0.0271. The molecule has 0 aromatic heterocycles. The van der Waals surface area contributed by atoms with Gasteiger partial charge in [0.2, 0.25) is 0 Å². The van der Waals surface area contributed by atoms with Crippen LogP contribution in [0, 0.1) is 11.3 Å². The van der Waals surface area contributed by atoms with E-state index in [4.69, 9.17) is 15.7 Å². The van der Waals surface area contributed by atoms with Crippen LogP contribution in [0.3, 0.4) is 0 Å². The lowest BCUT2D eigenvalue weighted by Gasteiger charge is -2.38. The first kappa shape index (κ1) is 17.5. The van der Waals surface area contributed by atoms with Crippen LogP contribution in [-0.2, 0) is 6.42 Å². The van der Waals surface area contributed by atoms with Gasteiger partial charge in [-0.05, 0) is 71.1 Å². The number of ether oxygens (including phenoxy) is 1. The van der Waals surface area contributed by atoms with E-state index in [1.165, 1.54) is 11.1 Å². The number of hydrogen-bond donors (Lipinski definition) is 1. The topological polar surface area (TPSA) is 62.3 Å². The molecule has 0 radical (unpaired) electrons. The molecule has 4 nitrogen and oxygen atoms in total. The van der Waals surface area contributed by atoms with Crippen LogP contribution in [0.15, 0.2) is 46.9 Å². The van der Waals surface area contributed by atoms with Crippen molar-refractivity contribution in [3.8, 4) is 11.8 Å². The first-order valence-electron chi connectivity index (χ1n) is 9.09. The number of nitriles is 1. The molecular weight excluding hydrogens is 390 g/mol. The number of piperidine rings is 1. The van der Waals surface area contributed by atoms with E-state index in [9.17, 15) is 0 Å². The zero-order valence-corrected chi connectivity index (χ0v) is 16.2. The Morgan fingerprint density at radius 1 is 1.23 bits per heavy atom. The van der Waals surface area contributed by atoms with Gasteiger partial charge in [0.25, 0.3) is 0 Å². The summed E-state index contributed by atoms with van der Waals surface area (Å²) in [5, 5.41) is 9.07. The molecular formula is C21H22BrN3O. The summed E-state index contributed by atoms with van der Waals surface area (Å²) in [5.41, 5.74) is 9.46. The first-order valence-corrected chi connectivity index (χ1v) is 9.89. The van der Waals surface area contributed by atoms with Crippen LogP contribution in [0.25, 0.3) is 0 Å².